The van der Waals surface area contributed by atoms with Gasteiger partial charge >= 0.3 is 0 Å². The molecule has 92 valence electrons. The van der Waals surface area contributed by atoms with Gasteiger partial charge in [0.1, 0.15) is 0 Å². The minimum absolute atomic E-state index is 0.206. The summed E-state index contributed by atoms with van der Waals surface area (Å²) in [6.07, 6.45) is -0.506. The third-order valence-corrected chi connectivity index (χ3v) is 3.06. The van der Waals surface area contributed by atoms with Crippen LogP contribution >= 0.6 is 11.8 Å². The first-order valence-electron chi connectivity index (χ1n) is 5.06. The zero-order valence-electron chi connectivity index (χ0n) is 9.75. The highest BCUT2D eigenvalue weighted by Crippen LogP contribution is 2.22. The fraction of sp³-hybridized carbons (Fsp3) is 0.778. The summed E-state index contributed by atoms with van der Waals surface area (Å²) in [6, 6.07) is 0.206. The van der Waals surface area contributed by atoms with Crippen molar-refractivity contribution in [3.05, 3.63) is 0 Å². The van der Waals surface area contributed by atoms with Gasteiger partial charge in [-0.25, -0.2) is 0 Å². The van der Waals surface area contributed by atoms with Gasteiger partial charge in [-0.1, -0.05) is 11.8 Å². The van der Waals surface area contributed by atoms with E-state index in [9.17, 15) is 5.11 Å². The Labute approximate surface area is 99.2 Å². The zero-order valence-corrected chi connectivity index (χ0v) is 10.6. The predicted octanol–water partition coefficient (Wildman–Crippen LogP) is 0.541. The van der Waals surface area contributed by atoms with Gasteiger partial charge in [0, 0.05) is 18.9 Å². The fourth-order valence-corrected chi connectivity index (χ4v) is 2.26. The molecule has 0 bridgehead atoms. The number of nitrogens with zero attached hydrogens (tertiary/aromatic N) is 3. The van der Waals surface area contributed by atoms with Crippen molar-refractivity contribution in [1.29, 1.82) is 0 Å². The van der Waals surface area contributed by atoms with Gasteiger partial charge in [0.2, 0.25) is 5.95 Å². The number of hydrogen-bond donors (Lipinski definition) is 2. The summed E-state index contributed by atoms with van der Waals surface area (Å²) in [6.45, 7) is 4.34. The Morgan fingerprint density at radius 1 is 1.50 bits per heavy atom. The molecule has 0 radical (unpaired) electrons. The number of aliphatic hydroxyl groups is 1. The van der Waals surface area contributed by atoms with Crippen LogP contribution in [0.3, 0.4) is 0 Å². The normalized spacial score (nSPS) is 13.3. The van der Waals surface area contributed by atoms with Crippen molar-refractivity contribution in [2.75, 3.05) is 25.2 Å². The first-order valence-corrected chi connectivity index (χ1v) is 6.05. The maximum atomic E-state index is 9.51. The van der Waals surface area contributed by atoms with Crippen LogP contribution in [0.4, 0.5) is 5.95 Å². The Bertz CT molecular complexity index is 329. The van der Waals surface area contributed by atoms with Crippen LogP contribution in [0.2, 0.25) is 0 Å². The summed E-state index contributed by atoms with van der Waals surface area (Å²) >= 11 is 1.42. The number of methoxy groups -OCH3 is 1. The number of nitrogens with two attached hydrogens (primary N) is 1. The van der Waals surface area contributed by atoms with Gasteiger partial charge in [-0.15, -0.1) is 10.2 Å². The Kier molecular flexibility index (Phi) is 5.04. The fourth-order valence-electron chi connectivity index (χ4n) is 1.28. The largest absolute Gasteiger partial charge is 0.390 e. The maximum Gasteiger partial charge on any atom is 0.222 e. The highest BCUT2D eigenvalue weighted by atomic mass is 32.2. The van der Waals surface area contributed by atoms with E-state index in [0.29, 0.717) is 18.3 Å². The van der Waals surface area contributed by atoms with Crippen LogP contribution < -0.4 is 5.73 Å². The minimum atomic E-state index is -0.506. The number of aromatic nitrogens is 3. The highest BCUT2D eigenvalue weighted by Gasteiger charge is 2.14. The molecule has 16 heavy (non-hydrogen) atoms. The second-order valence-electron chi connectivity index (χ2n) is 3.72. The lowest BCUT2D eigenvalue weighted by atomic mass is 10.4. The molecule has 0 aliphatic rings. The molecule has 1 atom stereocenters. The van der Waals surface area contributed by atoms with E-state index in [4.69, 9.17) is 10.5 Å². The first-order chi connectivity index (χ1) is 7.56. The monoisotopic (exact) mass is 246 g/mol. The number of aliphatic hydroxyl groups excluding tert-OH is 1. The number of anilines is 1. The van der Waals surface area contributed by atoms with Crippen molar-refractivity contribution in [3.63, 3.8) is 0 Å². The van der Waals surface area contributed by atoms with Crippen molar-refractivity contribution in [2.45, 2.75) is 31.1 Å². The molecular weight excluding hydrogens is 228 g/mol. The molecule has 1 unspecified atom stereocenters. The van der Waals surface area contributed by atoms with E-state index in [-0.39, 0.29) is 6.04 Å². The van der Waals surface area contributed by atoms with Crippen LogP contribution in [0.5, 0.6) is 0 Å². The van der Waals surface area contributed by atoms with Crippen molar-refractivity contribution in [3.8, 4) is 0 Å². The summed E-state index contributed by atoms with van der Waals surface area (Å²) in [5.41, 5.74) is 5.70. The number of hydrogen-bond acceptors (Lipinski definition) is 6. The molecule has 0 aliphatic heterocycles. The van der Waals surface area contributed by atoms with Crippen LogP contribution in [0.1, 0.15) is 19.9 Å². The van der Waals surface area contributed by atoms with Gasteiger partial charge in [-0.05, 0) is 13.8 Å². The average Bonchev–Trinajstić information content (AvgIpc) is 2.57. The second-order valence-corrected chi connectivity index (χ2v) is 4.71. The van der Waals surface area contributed by atoms with Crippen molar-refractivity contribution in [2.24, 2.45) is 0 Å². The summed E-state index contributed by atoms with van der Waals surface area (Å²) < 4.78 is 6.68. The van der Waals surface area contributed by atoms with E-state index in [1.807, 2.05) is 18.4 Å². The molecule has 1 aromatic rings. The molecular formula is C9H18N4O2S. The molecule has 1 heterocycles. The Hall–Kier alpha value is -0.790. The van der Waals surface area contributed by atoms with E-state index in [0.717, 1.165) is 5.16 Å². The molecule has 6 nitrogen and oxygen atoms in total. The molecule has 1 aromatic heterocycles. The molecule has 3 N–H and O–H groups in total. The lowest BCUT2D eigenvalue weighted by Crippen LogP contribution is -2.17. The van der Waals surface area contributed by atoms with E-state index < -0.39 is 6.10 Å². The van der Waals surface area contributed by atoms with E-state index in [1.165, 1.54) is 11.8 Å². The van der Waals surface area contributed by atoms with Gasteiger partial charge < -0.3 is 15.6 Å². The topological polar surface area (TPSA) is 86.2 Å². The highest BCUT2D eigenvalue weighted by molar-refractivity contribution is 7.99. The molecule has 0 fully saturated rings. The second kappa shape index (κ2) is 6.07. The van der Waals surface area contributed by atoms with Crippen LogP contribution in [-0.4, -0.2) is 45.4 Å². The number of rotatable bonds is 6. The van der Waals surface area contributed by atoms with Gasteiger partial charge in [0.25, 0.3) is 0 Å². The quantitative estimate of drug-likeness (QED) is 0.712. The maximum absolute atomic E-state index is 9.51. The lowest BCUT2D eigenvalue weighted by Gasteiger charge is -2.12. The van der Waals surface area contributed by atoms with Gasteiger partial charge in [0.05, 0.1) is 12.7 Å². The first kappa shape index (κ1) is 13.3. The molecule has 0 spiro atoms. The van der Waals surface area contributed by atoms with Gasteiger partial charge in [-0.3, -0.25) is 4.57 Å². The van der Waals surface area contributed by atoms with Gasteiger partial charge in [-0.2, -0.15) is 0 Å². The summed E-state index contributed by atoms with van der Waals surface area (Å²) in [5, 5.41) is 18.0. The van der Waals surface area contributed by atoms with Crippen LogP contribution in [0.25, 0.3) is 0 Å². The van der Waals surface area contributed by atoms with Crippen LogP contribution in [0, 0.1) is 0 Å². The third kappa shape index (κ3) is 3.36. The third-order valence-electron chi connectivity index (χ3n) is 1.97. The molecule has 0 aromatic carbocycles. The lowest BCUT2D eigenvalue weighted by molar-refractivity contribution is 0.0793. The van der Waals surface area contributed by atoms with Crippen molar-refractivity contribution >= 4 is 17.7 Å². The Morgan fingerprint density at radius 3 is 2.75 bits per heavy atom. The van der Waals surface area contributed by atoms with E-state index in [2.05, 4.69) is 10.2 Å². The van der Waals surface area contributed by atoms with Gasteiger partial charge in [0.15, 0.2) is 5.16 Å². The van der Waals surface area contributed by atoms with Crippen molar-refractivity contribution < 1.29 is 9.84 Å². The number of nitrogen functional groups attached to an aromatic ring is 1. The van der Waals surface area contributed by atoms with Crippen LogP contribution in [-0.2, 0) is 4.74 Å². The number of thioether (sulfide) groups is 1. The molecule has 0 amide bonds. The van der Waals surface area contributed by atoms with Crippen molar-refractivity contribution in [1.82, 2.24) is 14.8 Å². The predicted molar refractivity (Wildman–Crippen MR) is 63.4 cm³/mol. The summed E-state index contributed by atoms with van der Waals surface area (Å²) in [5.74, 6) is 0.914. The Balaban J connectivity index is 2.60. The standard InChI is InChI=1S/C9H18N4O2S/c1-6(2)13-8(10)11-12-9(13)16-5-7(14)4-15-3/h6-7,14H,4-5H2,1-3H3,(H2,10,11). The van der Waals surface area contributed by atoms with Crippen LogP contribution in [0.15, 0.2) is 5.16 Å². The van der Waals surface area contributed by atoms with E-state index in [1.54, 1.807) is 7.11 Å². The minimum Gasteiger partial charge on any atom is -0.390 e. The molecule has 7 heteroatoms. The summed E-state index contributed by atoms with van der Waals surface area (Å²) in [4.78, 5) is 0. The zero-order chi connectivity index (χ0) is 12.1. The Morgan fingerprint density at radius 2 is 2.19 bits per heavy atom. The molecule has 1 rings (SSSR count). The smallest absolute Gasteiger partial charge is 0.222 e. The molecule has 0 aliphatic carbocycles. The van der Waals surface area contributed by atoms with E-state index >= 15 is 0 Å². The number of ether oxygens (including phenoxy) is 1. The SMILES string of the molecule is COCC(O)CSc1nnc(N)n1C(C)C. The molecule has 0 saturated heterocycles. The molecule has 0 saturated carbocycles. The average molecular weight is 246 g/mol. The summed E-state index contributed by atoms with van der Waals surface area (Å²) in [7, 11) is 1.56.